The molecule has 0 radical (unpaired) electrons. The zero-order chi connectivity index (χ0) is 9.26. The Bertz CT molecular complexity index is 458. The van der Waals surface area contributed by atoms with Crippen molar-refractivity contribution in [3.8, 4) is 0 Å². The molecule has 64 valence electrons. The van der Waals surface area contributed by atoms with Crippen molar-refractivity contribution >= 4 is 28.4 Å². The first kappa shape index (κ1) is 8.33. The molecule has 0 aliphatic rings. The standard InChI is InChI=1S/C12H9Cl/c1-2-9-6-7-11-10(8-9)4-3-5-12(11)13/h2-8H,1H2. The highest BCUT2D eigenvalue weighted by Gasteiger charge is 1.97. The quantitative estimate of drug-likeness (QED) is 0.631. The Morgan fingerprint density at radius 2 is 2.00 bits per heavy atom. The molecule has 0 unspecified atom stereocenters. The molecule has 0 saturated carbocycles. The normalized spacial score (nSPS) is 10.2. The molecule has 0 aliphatic heterocycles. The predicted molar refractivity (Wildman–Crippen MR) is 59.0 cm³/mol. The summed E-state index contributed by atoms with van der Waals surface area (Å²) in [4.78, 5) is 0. The smallest absolute Gasteiger partial charge is 0.0484 e. The molecular formula is C12H9Cl. The second kappa shape index (κ2) is 3.23. The number of hydrogen-bond donors (Lipinski definition) is 0. The molecule has 0 aliphatic carbocycles. The Labute approximate surface area is 82.5 Å². The highest BCUT2D eigenvalue weighted by atomic mass is 35.5. The van der Waals surface area contributed by atoms with Crippen molar-refractivity contribution in [1.82, 2.24) is 0 Å². The number of benzene rings is 2. The van der Waals surface area contributed by atoms with Gasteiger partial charge >= 0.3 is 0 Å². The van der Waals surface area contributed by atoms with E-state index in [-0.39, 0.29) is 0 Å². The van der Waals surface area contributed by atoms with E-state index in [9.17, 15) is 0 Å². The second-order valence-electron chi connectivity index (χ2n) is 2.92. The molecule has 0 heterocycles. The summed E-state index contributed by atoms with van der Waals surface area (Å²) in [6.07, 6.45) is 1.83. The molecule has 0 fully saturated rings. The first-order valence-electron chi connectivity index (χ1n) is 4.12. The molecule has 1 heteroatoms. The van der Waals surface area contributed by atoms with Crippen molar-refractivity contribution in [2.45, 2.75) is 0 Å². The fraction of sp³-hybridized carbons (Fsp3) is 0. The van der Waals surface area contributed by atoms with Crippen molar-refractivity contribution in [2.24, 2.45) is 0 Å². The minimum absolute atomic E-state index is 0.799. The van der Waals surface area contributed by atoms with Gasteiger partial charge in [0.15, 0.2) is 0 Å². The van der Waals surface area contributed by atoms with Crippen LogP contribution < -0.4 is 0 Å². The highest BCUT2D eigenvalue weighted by molar-refractivity contribution is 6.35. The van der Waals surface area contributed by atoms with Gasteiger partial charge in [0.25, 0.3) is 0 Å². The van der Waals surface area contributed by atoms with Crippen molar-refractivity contribution in [2.75, 3.05) is 0 Å². The summed E-state index contributed by atoms with van der Waals surface area (Å²) in [6, 6.07) is 12.0. The van der Waals surface area contributed by atoms with Crippen LogP contribution in [0.2, 0.25) is 5.02 Å². The molecular weight excluding hydrogens is 180 g/mol. The molecule has 0 spiro atoms. The third kappa shape index (κ3) is 1.45. The van der Waals surface area contributed by atoms with Crippen LogP contribution in [-0.2, 0) is 0 Å². The van der Waals surface area contributed by atoms with Crippen LogP contribution in [-0.4, -0.2) is 0 Å². The molecule has 2 rings (SSSR count). The van der Waals surface area contributed by atoms with Crippen LogP contribution in [0.25, 0.3) is 16.8 Å². The Hall–Kier alpha value is -1.27. The Morgan fingerprint density at radius 1 is 1.15 bits per heavy atom. The monoisotopic (exact) mass is 188 g/mol. The average Bonchev–Trinajstić information content (AvgIpc) is 2.18. The van der Waals surface area contributed by atoms with Crippen LogP contribution >= 0.6 is 11.6 Å². The SMILES string of the molecule is C=Cc1ccc2c(Cl)cccc2c1. The summed E-state index contributed by atoms with van der Waals surface area (Å²) in [7, 11) is 0. The number of fused-ring (bicyclic) bond motifs is 1. The van der Waals surface area contributed by atoms with Gasteiger partial charge in [-0.2, -0.15) is 0 Å². The number of rotatable bonds is 1. The molecule has 0 N–H and O–H groups in total. The maximum Gasteiger partial charge on any atom is 0.0484 e. The molecule has 0 saturated heterocycles. The minimum Gasteiger partial charge on any atom is -0.0985 e. The van der Waals surface area contributed by atoms with Gasteiger partial charge in [0.2, 0.25) is 0 Å². The van der Waals surface area contributed by atoms with E-state index in [1.165, 1.54) is 0 Å². The zero-order valence-corrected chi connectivity index (χ0v) is 7.88. The molecule has 0 aromatic heterocycles. The lowest BCUT2D eigenvalue weighted by atomic mass is 10.1. The van der Waals surface area contributed by atoms with Gasteiger partial charge < -0.3 is 0 Å². The number of halogens is 1. The molecule has 0 amide bonds. The summed E-state index contributed by atoms with van der Waals surface area (Å²) in [6.45, 7) is 3.73. The van der Waals surface area contributed by atoms with Crippen LogP contribution in [0.15, 0.2) is 43.0 Å². The van der Waals surface area contributed by atoms with Gasteiger partial charge in [-0.25, -0.2) is 0 Å². The maximum atomic E-state index is 6.03. The first-order valence-corrected chi connectivity index (χ1v) is 4.50. The molecule has 2 aromatic carbocycles. The lowest BCUT2D eigenvalue weighted by molar-refractivity contribution is 1.71. The Balaban J connectivity index is 2.79. The minimum atomic E-state index is 0.799. The van der Waals surface area contributed by atoms with E-state index in [0.29, 0.717) is 0 Å². The lowest BCUT2D eigenvalue weighted by Gasteiger charge is -2.00. The lowest BCUT2D eigenvalue weighted by Crippen LogP contribution is -1.75. The molecule has 13 heavy (non-hydrogen) atoms. The van der Waals surface area contributed by atoms with Gasteiger partial charge in [-0.1, -0.05) is 48.5 Å². The van der Waals surface area contributed by atoms with Gasteiger partial charge in [0.05, 0.1) is 0 Å². The average molecular weight is 189 g/mol. The maximum absolute atomic E-state index is 6.03. The summed E-state index contributed by atoms with van der Waals surface area (Å²) >= 11 is 6.03. The van der Waals surface area contributed by atoms with Crippen LogP contribution in [0.3, 0.4) is 0 Å². The third-order valence-electron chi connectivity index (χ3n) is 2.09. The number of hydrogen-bond acceptors (Lipinski definition) is 0. The van der Waals surface area contributed by atoms with E-state index in [2.05, 4.69) is 12.6 Å². The van der Waals surface area contributed by atoms with Crippen LogP contribution in [0.1, 0.15) is 5.56 Å². The second-order valence-corrected chi connectivity index (χ2v) is 3.33. The molecule has 0 nitrogen and oxygen atoms in total. The largest absolute Gasteiger partial charge is 0.0985 e. The van der Waals surface area contributed by atoms with Crippen molar-refractivity contribution < 1.29 is 0 Å². The third-order valence-corrected chi connectivity index (χ3v) is 2.42. The summed E-state index contributed by atoms with van der Waals surface area (Å²) in [5.74, 6) is 0. The fourth-order valence-electron chi connectivity index (χ4n) is 1.39. The topological polar surface area (TPSA) is 0 Å². The van der Waals surface area contributed by atoms with E-state index in [0.717, 1.165) is 21.4 Å². The van der Waals surface area contributed by atoms with Crippen LogP contribution in [0.5, 0.6) is 0 Å². The van der Waals surface area contributed by atoms with Crippen molar-refractivity contribution in [1.29, 1.82) is 0 Å². The van der Waals surface area contributed by atoms with E-state index >= 15 is 0 Å². The predicted octanol–water partition coefficient (Wildman–Crippen LogP) is 4.14. The Morgan fingerprint density at radius 3 is 2.77 bits per heavy atom. The van der Waals surface area contributed by atoms with E-state index < -0.39 is 0 Å². The zero-order valence-electron chi connectivity index (χ0n) is 7.13. The van der Waals surface area contributed by atoms with Gasteiger partial charge in [0.1, 0.15) is 0 Å². The van der Waals surface area contributed by atoms with Gasteiger partial charge in [-0.3, -0.25) is 0 Å². The van der Waals surface area contributed by atoms with Crippen LogP contribution in [0.4, 0.5) is 0 Å². The molecule has 0 atom stereocenters. The Kier molecular flexibility index (Phi) is 2.07. The van der Waals surface area contributed by atoms with Gasteiger partial charge in [0, 0.05) is 10.4 Å². The fourth-order valence-corrected chi connectivity index (χ4v) is 1.63. The molecule has 0 bridgehead atoms. The van der Waals surface area contributed by atoms with Crippen molar-refractivity contribution in [3.05, 3.63) is 53.6 Å². The van der Waals surface area contributed by atoms with E-state index in [1.54, 1.807) is 0 Å². The molecule has 2 aromatic rings. The first-order chi connectivity index (χ1) is 6.31. The van der Waals surface area contributed by atoms with E-state index in [1.807, 2.05) is 36.4 Å². The van der Waals surface area contributed by atoms with Gasteiger partial charge in [-0.05, 0) is 23.1 Å². The summed E-state index contributed by atoms with van der Waals surface area (Å²) in [5.41, 5.74) is 1.12. The summed E-state index contributed by atoms with van der Waals surface area (Å²) in [5, 5.41) is 3.05. The van der Waals surface area contributed by atoms with Gasteiger partial charge in [-0.15, -0.1) is 0 Å². The van der Waals surface area contributed by atoms with Crippen molar-refractivity contribution in [3.63, 3.8) is 0 Å². The highest BCUT2D eigenvalue weighted by Crippen LogP contribution is 2.24. The summed E-state index contributed by atoms with van der Waals surface area (Å²) < 4.78 is 0. The van der Waals surface area contributed by atoms with E-state index in [4.69, 9.17) is 11.6 Å². The van der Waals surface area contributed by atoms with Crippen LogP contribution in [0, 0.1) is 0 Å².